The molecule has 0 aliphatic heterocycles. The highest BCUT2D eigenvalue weighted by atomic mass is 19.1. The van der Waals surface area contributed by atoms with Crippen LogP contribution in [0.1, 0.15) is 5.56 Å². The number of methoxy groups -OCH3 is 2. The van der Waals surface area contributed by atoms with Crippen LogP contribution in [0.2, 0.25) is 0 Å². The summed E-state index contributed by atoms with van der Waals surface area (Å²) in [7, 11) is 6.38. The molecule has 200 valence electrons. The molecule has 0 atom stereocenters. The monoisotopic (exact) mass is 530 g/mol. The fourth-order valence-corrected chi connectivity index (χ4v) is 3.97. The number of ether oxygens (including phenoxy) is 3. The van der Waals surface area contributed by atoms with Crippen LogP contribution in [0, 0.1) is 5.82 Å². The van der Waals surface area contributed by atoms with E-state index in [9.17, 15) is 9.59 Å². The van der Waals surface area contributed by atoms with Crippen molar-refractivity contribution >= 4 is 34.5 Å². The number of rotatable bonds is 10. The maximum atomic E-state index is 15.1. The number of anilines is 1. The van der Waals surface area contributed by atoms with Gasteiger partial charge in [-0.25, -0.2) is 9.82 Å². The predicted molar refractivity (Wildman–Crippen MR) is 146 cm³/mol. The standard InChI is InChI=1S/C29H27FN4O5/c1-31-34(2)28(18-8-6-5-7-9-18)21(17-35)29(36)33-19-10-11-25(22(30)14-19)39-24-12-13-32-23-16-27(38-4)26(37-3)15-20(23)24/h5-17,31H,1-4H3,(H,33,36)/b28-21+. The van der Waals surface area contributed by atoms with Crippen molar-refractivity contribution in [3.8, 4) is 23.0 Å². The van der Waals surface area contributed by atoms with Crippen molar-refractivity contribution < 1.29 is 28.2 Å². The first-order valence-electron chi connectivity index (χ1n) is 11.9. The first-order chi connectivity index (χ1) is 18.9. The Kier molecular flexibility index (Phi) is 8.37. The molecule has 9 nitrogen and oxygen atoms in total. The molecule has 0 aliphatic carbocycles. The van der Waals surface area contributed by atoms with Crippen molar-refractivity contribution in [2.45, 2.75) is 0 Å². The number of nitrogens with one attached hydrogen (secondary N) is 2. The number of carbonyl (C=O) groups excluding carboxylic acids is 2. The molecule has 1 aromatic heterocycles. The molecule has 3 aromatic carbocycles. The summed E-state index contributed by atoms with van der Waals surface area (Å²) in [5.74, 6) is -0.155. The molecular weight excluding hydrogens is 503 g/mol. The topological polar surface area (TPSA) is 102 Å². The van der Waals surface area contributed by atoms with Crippen LogP contribution >= 0.6 is 0 Å². The van der Waals surface area contributed by atoms with Gasteiger partial charge in [0.25, 0.3) is 5.91 Å². The van der Waals surface area contributed by atoms with Crippen LogP contribution in [-0.4, -0.2) is 50.5 Å². The molecule has 0 radical (unpaired) electrons. The number of aromatic nitrogens is 1. The number of hydrogen-bond acceptors (Lipinski definition) is 8. The van der Waals surface area contributed by atoms with Gasteiger partial charge in [-0.15, -0.1) is 0 Å². The molecule has 4 rings (SSSR count). The van der Waals surface area contributed by atoms with Gasteiger partial charge in [0.1, 0.15) is 11.3 Å². The summed E-state index contributed by atoms with van der Waals surface area (Å²) in [6.07, 6.45) is 2.01. The Labute approximate surface area is 224 Å². The third-order valence-electron chi connectivity index (χ3n) is 5.95. The van der Waals surface area contributed by atoms with Crippen LogP contribution < -0.4 is 25.0 Å². The van der Waals surface area contributed by atoms with E-state index in [1.165, 1.54) is 32.5 Å². The molecule has 0 saturated heterocycles. The molecule has 0 fully saturated rings. The van der Waals surface area contributed by atoms with Gasteiger partial charge in [-0.1, -0.05) is 30.3 Å². The van der Waals surface area contributed by atoms with Gasteiger partial charge in [0.15, 0.2) is 29.4 Å². The van der Waals surface area contributed by atoms with Crippen LogP contribution in [0.25, 0.3) is 16.6 Å². The Balaban J connectivity index is 1.62. The fraction of sp³-hybridized carbons (Fsp3) is 0.138. The van der Waals surface area contributed by atoms with Crippen LogP contribution in [0.4, 0.5) is 10.1 Å². The van der Waals surface area contributed by atoms with E-state index in [-0.39, 0.29) is 17.0 Å². The maximum Gasteiger partial charge on any atom is 0.261 e. The molecule has 0 saturated carbocycles. The highest BCUT2D eigenvalue weighted by molar-refractivity contribution is 6.21. The minimum atomic E-state index is -0.717. The lowest BCUT2D eigenvalue weighted by molar-refractivity contribution is -0.115. The van der Waals surface area contributed by atoms with Gasteiger partial charge < -0.3 is 24.5 Å². The fourth-order valence-electron chi connectivity index (χ4n) is 3.97. The van der Waals surface area contributed by atoms with Crippen LogP contribution in [0.3, 0.4) is 0 Å². The first kappa shape index (κ1) is 27.1. The number of fused-ring (bicyclic) bond motifs is 1. The number of carbonyl (C=O) groups is 2. The van der Waals surface area contributed by atoms with Gasteiger partial charge in [0.2, 0.25) is 0 Å². The molecule has 0 unspecified atom stereocenters. The van der Waals surface area contributed by atoms with Gasteiger partial charge in [0.05, 0.1) is 25.4 Å². The third kappa shape index (κ3) is 5.81. The summed E-state index contributed by atoms with van der Waals surface area (Å²) < 4.78 is 31.6. The van der Waals surface area contributed by atoms with E-state index >= 15 is 4.39 Å². The lowest BCUT2D eigenvalue weighted by atomic mass is 10.1. The summed E-state index contributed by atoms with van der Waals surface area (Å²) >= 11 is 0. The third-order valence-corrected chi connectivity index (χ3v) is 5.95. The summed E-state index contributed by atoms with van der Waals surface area (Å²) in [4.78, 5) is 29.4. The summed E-state index contributed by atoms with van der Waals surface area (Å²) in [6, 6.07) is 18.0. The zero-order valence-corrected chi connectivity index (χ0v) is 21.8. The normalized spacial score (nSPS) is 11.4. The number of halogens is 1. The smallest absolute Gasteiger partial charge is 0.261 e. The molecule has 0 spiro atoms. The largest absolute Gasteiger partial charge is 0.493 e. The summed E-state index contributed by atoms with van der Waals surface area (Å²) in [6.45, 7) is 0. The Morgan fingerprint density at radius 2 is 1.67 bits per heavy atom. The Morgan fingerprint density at radius 3 is 2.31 bits per heavy atom. The van der Waals surface area contributed by atoms with Crippen molar-refractivity contribution in [3.63, 3.8) is 0 Å². The average molecular weight is 531 g/mol. The molecule has 1 heterocycles. The maximum absolute atomic E-state index is 15.1. The van der Waals surface area contributed by atoms with Crippen molar-refractivity contribution in [2.24, 2.45) is 0 Å². The number of pyridine rings is 1. The Bertz CT molecular complexity index is 1540. The number of hydrogen-bond donors (Lipinski definition) is 2. The van der Waals surface area contributed by atoms with Crippen LogP contribution in [0.15, 0.2) is 78.5 Å². The lowest BCUT2D eigenvalue weighted by Gasteiger charge is -2.23. The Morgan fingerprint density at radius 1 is 0.949 bits per heavy atom. The van der Waals surface area contributed by atoms with E-state index in [4.69, 9.17) is 14.2 Å². The number of amides is 1. The second-order valence-electron chi connectivity index (χ2n) is 8.26. The number of nitrogens with zero attached hydrogens (tertiary/aromatic N) is 2. The van der Waals surface area contributed by atoms with E-state index in [2.05, 4.69) is 15.7 Å². The lowest BCUT2D eigenvalue weighted by Crippen LogP contribution is -2.32. The van der Waals surface area contributed by atoms with Crippen molar-refractivity contribution in [1.82, 2.24) is 15.4 Å². The molecular formula is C29H27FN4O5. The first-order valence-corrected chi connectivity index (χ1v) is 11.9. The average Bonchev–Trinajstić information content (AvgIpc) is 2.96. The molecule has 0 aliphatic rings. The summed E-state index contributed by atoms with van der Waals surface area (Å²) in [5, 5.41) is 4.74. The molecule has 39 heavy (non-hydrogen) atoms. The zero-order chi connectivity index (χ0) is 27.9. The van der Waals surface area contributed by atoms with E-state index in [1.54, 1.807) is 61.6 Å². The number of aldehydes is 1. The van der Waals surface area contributed by atoms with Crippen LogP contribution in [0.5, 0.6) is 23.0 Å². The Hall–Kier alpha value is -4.96. The predicted octanol–water partition coefficient (Wildman–Crippen LogP) is 4.80. The van der Waals surface area contributed by atoms with Gasteiger partial charge in [0, 0.05) is 49.1 Å². The molecule has 2 N–H and O–H groups in total. The van der Waals surface area contributed by atoms with Crippen LogP contribution in [-0.2, 0) is 9.59 Å². The molecule has 10 heteroatoms. The number of hydrazine groups is 1. The van der Waals surface area contributed by atoms with Crippen molar-refractivity contribution in [3.05, 3.63) is 89.9 Å². The molecule has 0 bridgehead atoms. The minimum absolute atomic E-state index is 0.0682. The van der Waals surface area contributed by atoms with E-state index < -0.39 is 11.7 Å². The second-order valence-corrected chi connectivity index (χ2v) is 8.26. The SMILES string of the molecule is CNN(C)/C(=C(\C=O)C(=O)Nc1ccc(Oc2ccnc3cc(OC)c(OC)cc23)c(F)c1)c1ccccc1. The highest BCUT2D eigenvalue weighted by Gasteiger charge is 2.20. The van der Waals surface area contributed by atoms with Gasteiger partial charge in [-0.05, 0) is 24.3 Å². The van der Waals surface area contributed by atoms with Crippen molar-refractivity contribution in [2.75, 3.05) is 33.6 Å². The quantitative estimate of drug-likeness (QED) is 0.0992. The van der Waals surface area contributed by atoms with Gasteiger partial charge in [-0.2, -0.15) is 0 Å². The highest BCUT2D eigenvalue weighted by Crippen LogP contribution is 2.37. The number of benzene rings is 3. The van der Waals surface area contributed by atoms with Gasteiger partial charge >= 0.3 is 0 Å². The van der Waals surface area contributed by atoms with E-state index in [0.29, 0.717) is 45.7 Å². The van der Waals surface area contributed by atoms with E-state index in [0.717, 1.165) is 6.07 Å². The van der Waals surface area contributed by atoms with Crippen molar-refractivity contribution in [1.29, 1.82) is 0 Å². The molecule has 1 amide bonds. The minimum Gasteiger partial charge on any atom is -0.493 e. The second kappa shape index (κ2) is 12.1. The summed E-state index contributed by atoms with van der Waals surface area (Å²) in [5.41, 5.74) is 4.51. The van der Waals surface area contributed by atoms with E-state index in [1.807, 2.05) is 6.07 Å². The molecule has 4 aromatic rings. The zero-order valence-electron chi connectivity index (χ0n) is 21.8. The van der Waals surface area contributed by atoms with Gasteiger partial charge in [-0.3, -0.25) is 14.6 Å².